The van der Waals surface area contributed by atoms with Gasteiger partial charge < -0.3 is 4.42 Å². The van der Waals surface area contributed by atoms with Gasteiger partial charge in [-0.3, -0.25) is 0 Å². The van der Waals surface area contributed by atoms with Crippen molar-refractivity contribution in [3.63, 3.8) is 0 Å². The van der Waals surface area contributed by atoms with Crippen molar-refractivity contribution >= 4 is 32.7 Å². The van der Waals surface area contributed by atoms with Gasteiger partial charge in [-0.15, -0.1) is 0 Å². The number of benzene rings is 3. The Labute approximate surface area is 192 Å². The first-order valence-electron chi connectivity index (χ1n) is 12.8. The second-order valence-corrected chi connectivity index (χ2v) is 9.32. The van der Waals surface area contributed by atoms with E-state index in [0.717, 1.165) is 75.4 Å². The summed E-state index contributed by atoms with van der Waals surface area (Å²) in [5.74, 6) is 0.0917. The van der Waals surface area contributed by atoms with Gasteiger partial charge in [0.2, 0.25) is 5.69 Å². The van der Waals surface area contributed by atoms with Gasteiger partial charge in [0.15, 0.2) is 6.20 Å². The first-order chi connectivity index (χ1) is 16.4. The van der Waals surface area contributed by atoms with Crippen molar-refractivity contribution in [3.8, 4) is 11.3 Å². The number of hydrogen-bond acceptors (Lipinski definition) is 1. The molecule has 0 radical (unpaired) electrons. The zero-order chi connectivity index (χ0) is 23.4. The van der Waals surface area contributed by atoms with Crippen LogP contribution in [-0.2, 0) is 13.4 Å². The minimum absolute atomic E-state index is 0.0917. The molecule has 0 bridgehead atoms. The van der Waals surface area contributed by atoms with Crippen LogP contribution in [0.25, 0.3) is 44.0 Å². The van der Waals surface area contributed by atoms with Crippen LogP contribution in [0.5, 0.6) is 0 Å². The van der Waals surface area contributed by atoms with Crippen molar-refractivity contribution in [2.24, 2.45) is 13.0 Å². The van der Waals surface area contributed by atoms with Crippen molar-refractivity contribution < 1.29 is 11.7 Å². The molecule has 0 N–H and O–H groups in total. The maximum Gasteiger partial charge on any atom is 0.212 e. The zero-order valence-corrected chi connectivity index (χ0v) is 18.8. The predicted octanol–water partition coefficient (Wildman–Crippen LogP) is 7.66. The van der Waals surface area contributed by atoms with Gasteiger partial charge in [0.05, 0.1) is 5.56 Å². The molecule has 5 aromatic rings. The first-order valence-corrected chi connectivity index (χ1v) is 11.8. The van der Waals surface area contributed by atoms with Crippen molar-refractivity contribution in [1.82, 2.24) is 0 Å². The molecule has 2 heteroatoms. The van der Waals surface area contributed by atoms with E-state index in [1.165, 1.54) is 11.8 Å². The van der Waals surface area contributed by atoms with Crippen LogP contribution in [0.4, 0.5) is 0 Å². The lowest BCUT2D eigenvalue weighted by Crippen LogP contribution is -2.31. The summed E-state index contributed by atoms with van der Waals surface area (Å²) in [6, 6.07) is 21.0. The summed E-state index contributed by atoms with van der Waals surface area (Å²) in [5.41, 5.74) is 5.84. The van der Waals surface area contributed by atoms with E-state index in [2.05, 4.69) is 66.1 Å². The normalized spacial score (nSPS) is 16.6. The Morgan fingerprint density at radius 1 is 0.938 bits per heavy atom. The Morgan fingerprint density at radius 2 is 1.78 bits per heavy atom. The van der Waals surface area contributed by atoms with Crippen molar-refractivity contribution in [2.45, 2.75) is 45.4 Å². The molecule has 0 aliphatic heterocycles. The van der Waals surface area contributed by atoms with Crippen LogP contribution in [0.1, 0.15) is 46.0 Å². The Kier molecular flexibility index (Phi) is 4.24. The molecule has 160 valence electrons. The van der Waals surface area contributed by atoms with E-state index >= 15 is 0 Å². The third kappa shape index (κ3) is 3.30. The second kappa shape index (κ2) is 7.78. The molecule has 1 aliphatic carbocycles. The van der Waals surface area contributed by atoms with Crippen molar-refractivity contribution in [2.75, 3.05) is 0 Å². The summed E-state index contributed by atoms with van der Waals surface area (Å²) in [6.45, 7) is 2.14. The van der Waals surface area contributed by atoms with Gasteiger partial charge in [-0.25, -0.2) is 4.57 Å². The number of aryl methyl sites for hydroxylation is 2. The minimum Gasteiger partial charge on any atom is -0.455 e. The fourth-order valence-electron chi connectivity index (χ4n) is 5.34. The highest BCUT2D eigenvalue weighted by atomic mass is 16.3. The van der Waals surface area contributed by atoms with Crippen LogP contribution < -0.4 is 4.57 Å². The Hall–Kier alpha value is -3.13. The fraction of sp³-hybridized carbons (Fsp3) is 0.300. The van der Waals surface area contributed by atoms with Crippen molar-refractivity contribution in [3.05, 3.63) is 78.0 Å². The van der Waals surface area contributed by atoms with Crippen LogP contribution in [0.15, 0.2) is 71.3 Å². The Balaban J connectivity index is 1.50. The molecule has 0 amide bonds. The summed E-state index contributed by atoms with van der Waals surface area (Å²) < 4.78 is 26.5. The molecule has 1 fully saturated rings. The van der Waals surface area contributed by atoms with E-state index in [-0.39, 0.29) is 5.92 Å². The highest BCUT2D eigenvalue weighted by molar-refractivity contribution is 6.15. The Morgan fingerprint density at radius 3 is 2.66 bits per heavy atom. The first kappa shape index (κ1) is 17.4. The topological polar surface area (TPSA) is 17.0 Å². The number of pyridine rings is 1. The van der Waals surface area contributed by atoms with E-state index in [4.69, 9.17) is 7.16 Å². The van der Waals surface area contributed by atoms with E-state index in [0.29, 0.717) is 0 Å². The van der Waals surface area contributed by atoms with Gasteiger partial charge in [0.25, 0.3) is 0 Å². The van der Waals surface area contributed by atoms with Gasteiger partial charge in [-0.2, -0.15) is 0 Å². The molecule has 0 saturated heterocycles. The van der Waals surface area contributed by atoms with Crippen molar-refractivity contribution in [1.29, 1.82) is 0 Å². The lowest BCUT2D eigenvalue weighted by atomic mass is 9.85. The van der Waals surface area contributed by atoms with Crippen LogP contribution >= 0.6 is 0 Å². The maximum absolute atomic E-state index is 8.96. The van der Waals surface area contributed by atoms with Gasteiger partial charge >= 0.3 is 0 Å². The summed E-state index contributed by atoms with van der Waals surface area (Å²) in [6.07, 6.45) is 6.12. The second-order valence-electron chi connectivity index (χ2n) is 9.32. The molecule has 2 aromatic heterocycles. The number of aromatic nitrogens is 1. The van der Waals surface area contributed by atoms with Gasteiger partial charge in [0.1, 0.15) is 18.2 Å². The average molecular weight is 423 g/mol. The van der Waals surface area contributed by atoms with E-state index in [1.807, 2.05) is 19.3 Å². The summed E-state index contributed by atoms with van der Waals surface area (Å²) in [5, 5.41) is 4.56. The highest BCUT2D eigenvalue weighted by Crippen LogP contribution is 2.37. The summed E-state index contributed by atoms with van der Waals surface area (Å²) >= 11 is 0. The summed E-state index contributed by atoms with van der Waals surface area (Å²) in [4.78, 5) is 0. The zero-order valence-electron chi connectivity index (χ0n) is 20.8. The molecule has 0 unspecified atom stereocenters. The largest absolute Gasteiger partial charge is 0.455 e. The van der Waals surface area contributed by atoms with Crippen LogP contribution in [-0.4, -0.2) is 0 Å². The molecule has 1 saturated carbocycles. The third-order valence-corrected chi connectivity index (χ3v) is 7.11. The predicted molar refractivity (Wildman–Crippen MR) is 133 cm³/mol. The standard InChI is InChI=1S/C30H30NO/c1-20-16-27-25-13-12-23-10-6-7-11-24(23)30(25)32-29(27)19-26(20)28-18-22(14-15-31(28)2)17-21-8-4-3-5-9-21/h6-7,10-16,18-19,21H,3-5,8-9,17H2,1-2H3/q+1/i17D2. The van der Waals surface area contributed by atoms with E-state index in [1.54, 1.807) is 0 Å². The monoisotopic (exact) mass is 422 g/mol. The fourth-order valence-corrected chi connectivity index (χ4v) is 5.34. The average Bonchev–Trinajstić information content (AvgIpc) is 3.22. The summed E-state index contributed by atoms with van der Waals surface area (Å²) in [7, 11) is 2.03. The number of nitrogens with zero attached hydrogens (tertiary/aromatic N) is 1. The molecular weight excluding hydrogens is 390 g/mol. The quantitative estimate of drug-likeness (QED) is 0.273. The molecule has 0 atom stereocenters. The molecule has 0 spiro atoms. The minimum atomic E-state index is -1.32. The van der Waals surface area contributed by atoms with Gasteiger partial charge in [0, 0.05) is 31.0 Å². The highest BCUT2D eigenvalue weighted by Gasteiger charge is 2.20. The third-order valence-electron chi connectivity index (χ3n) is 7.11. The molecule has 1 aliphatic rings. The van der Waals surface area contributed by atoms with Crippen LogP contribution in [0.2, 0.25) is 0 Å². The lowest BCUT2D eigenvalue weighted by Gasteiger charge is -2.21. The van der Waals surface area contributed by atoms with Gasteiger partial charge in [-0.05, 0) is 53.9 Å². The molecule has 32 heavy (non-hydrogen) atoms. The number of furan rings is 1. The van der Waals surface area contributed by atoms with E-state index < -0.39 is 6.37 Å². The van der Waals surface area contributed by atoms with E-state index in [9.17, 15) is 0 Å². The van der Waals surface area contributed by atoms with Crippen LogP contribution in [0.3, 0.4) is 0 Å². The maximum atomic E-state index is 8.96. The Bertz CT molecular complexity index is 1540. The SMILES string of the molecule is [2H]C([2H])(c1cc[n+](C)c(-c2cc3oc4c5ccccc5ccc4c3cc2C)c1)C1CCCCC1. The lowest BCUT2D eigenvalue weighted by molar-refractivity contribution is -0.660. The number of rotatable bonds is 3. The number of hydrogen-bond donors (Lipinski definition) is 0. The number of fused-ring (bicyclic) bond motifs is 5. The van der Waals surface area contributed by atoms with Crippen LogP contribution in [0, 0.1) is 12.8 Å². The van der Waals surface area contributed by atoms with Gasteiger partial charge in [-0.1, -0.05) is 62.4 Å². The molecule has 2 nitrogen and oxygen atoms in total. The molecule has 2 heterocycles. The molecule has 6 rings (SSSR count). The smallest absolute Gasteiger partial charge is 0.212 e. The molecule has 3 aromatic carbocycles. The molecular formula is C30H30NO+.